The summed E-state index contributed by atoms with van der Waals surface area (Å²) in [6.07, 6.45) is 0. The second kappa shape index (κ2) is 6.75. The van der Waals surface area contributed by atoms with Crippen molar-refractivity contribution in [2.75, 3.05) is 7.11 Å². The van der Waals surface area contributed by atoms with Crippen LogP contribution in [0.2, 0.25) is 0 Å². The minimum atomic E-state index is -0.539. The van der Waals surface area contributed by atoms with Crippen LogP contribution in [0.5, 0.6) is 5.75 Å². The summed E-state index contributed by atoms with van der Waals surface area (Å²) in [7, 11) is 1.62. The van der Waals surface area contributed by atoms with Gasteiger partial charge in [-0.25, -0.2) is 4.79 Å². The Morgan fingerprint density at radius 3 is 2.55 bits per heavy atom. The molecule has 0 fully saturated rings. The van der Waals surface area contributed by atoms with Crippen LogP contribution in [0.25, 0.3) is 45.3 Å². The maximum absolute atomic E-state index is 12.3. The van der Waals surface area contributed by atoms with Gasteiger partial charge in [0.1, 0.15) is 22.6 Å². The molecular formula is C21H14N4O4. The number of nitrogens with one attached hydrogen (secondary N) is 1. The molecule has 0 saturated heterocycles. The Bertz CT molecular complexity index is 1370. The van der Waals surface area contributed by atoms with Gasteiger partial charge in [-0.05, 0) is 42.5 Å². The van der Waals surface area contributed by atoms with E-state index in [9.17, 15) is 4.79 Å². The Kier molecular flexibility index (Phi) is 3.94. The Morgan fingerprint density at radius 2 is 1.72 bits per heavy atom. The van der Waals surface area contributed by atoms with Crippen LogP contribution in [-0.2, 0) is 0 Å². The molecule has 0 radical (unpaired) electrons. The number of aromatic amines is 1. The predicted molar refractivity (Wildman–Crippen MR) is 105 cm³/mol. The number of methoxy groups -OCH3 is 1. The molecule has 1 N–H and O–H groups in total. The summed E-state index contributed by atoms with van der Waals surface area (Å²) in [6, 6.07) is 18.2. The summed E-state index contributed by atoms with van der Waals surface area (Å²) in [4.78, 5) is 12.3. The fourth-order valence-electron chi connectivity index (χ4n) is 2.99. The SMILES string of the molecule is COc1ccc(-c2cc(-c3nnc(-c4cc5ccccc5oc4=O)o3)[nH]n2)cc1. The topological polar surface area (TPSA) is 107 Å². The van der Waals surface area contributed by atoms with Gasteiger partial charge in [0.05, 0.1) is 12.8 Å². The maximum Gasteiger partial charge on any atom is 0.349 e. The van der Waals surface area contributed by atoms with E-state index in [1.807, 2.05) is 36.4 Å². The lowest BCUT2D eigenvalue weighted by Crippen LogP contribution is -2.02. The molecular weight excluding hydrogens is 372 g/mol. The van der Waals surface area contributed by atoms with Gasteiger partial charge in [-0.1, -0.05) is 18.2 Å². The molecule has 0 amide bonds. The molecule has 0 aliphatic heterocycles. The van der Waals surface area contributed by atoms with E-state index >= 15 is 0 Å². The van der Waals surface area contributed by atoms with Gasteiger partial charge in [0.2, 0.25) is 0 Å². The van der Waals surface area contributed by atoms with Crippen molar-refractivity contribution in [1.29, 1.82) is 0 Å². The highest BCUT2D eigenvalue weighted by Crippen LogP contribution is 2.27. The quantitative estimate of drug-likeness (QED) is 0.467. The number of hydrogen-bond donors (Lipinski definition) is 1. The smallest absolute Gasteiger partial charge is 0.349 e. The fourth-order valence-corrected chi connectivity index (χ4v) is 2.99. The molecule has 0 saturated carbocycles. The standard InChI is InChI=1S/C21H14N4O4/c1-27-14-8-6-12(7-9-14)16-11-17(23-22-16)20-25-24-19(29-20)15-10-13-4-2-3-5-18(13)28-21(15)26/h2-11H,1H3,(H,22,23). The largest absolute Gasteiger partial charge is 0.497 e. The zero-order chi connectivity index (χ0) is 19.8. The summed E-state index contributed by atoms with van der Waals surface area (Å²) >= 11 is 0. The van der Waals surface area contributed by atoms with E-state index in [1.165, 1.54) is 0 Å². The number of hydrogen-bond acceptors (Lipinski definition) is 7. The minimum Gasteiger partial charge on any atom is -0.497 e. The minimum absolute atomic E-state index is 0.0834. The molecule has 5 aromatic rings. The number of ether oxygens (including phenoxy) is 1. The van der Waals surface area contributed by atoms with Gasteiger partial charge in [-0.2, -0.15) is 5.10 Å². The highest BCUT2D eigenvalue weighted by atomic mass is 16.5. The Labute approximate surface area is 163 Å². The van der Waals surface area contributed by atoms with Gasteiger partial charge in [0.15, 0.2) is 0 Å². The molecule has 2 aromatic carbocycles. The summed E-state index contributed by atoms with van der Waals surface area (Å²) in [6.45, 7) is 0. The Hall–Kier alpha value is -4.20. The monoisotopic (exact) mass is 386 g/mol. The molecule has 0 atom stereocenters. The van der Waals surface area contributed by atoms with Crippen molar-refractivity contribution in [3.63, 3.8) is 0 Å². The third kappa shape index (κ3) is 3.06. The van der Waals surface area contributed by atoms with Gasteiger partial charge < -0.3 is 13.6 Å². The van der Waals surface area contributed by atoms with Crippen LogP contribution < -0.4 is 10.4 Å². The van der Waals surface area contributed by atoms with E-state index in [0.29, 0.717) is 17.0 Å². The molecule has 5 rings (SSSR count). The lowest BCUT2D eigenvalue weighted by Gasteiger charge is -1.99. The molecule has 0 unspecified atom stereocenters. The van der Waals surface area contributed by atoms with Crippen LogP contribution in [0.1, 0.15) is 0 Å². The molecule has 0 aliphatic carbocycles. The highest BCUT2D eigenvalue weighted by Gasteiger charge is 2.17. The van der Waals surface area contributed by atoms with Crippen molar-refractivity contribution in [2.24, 2.45) is 0 Å². The number of para-hydroxylation sites is 1. The number of rotatable bonds is 4. The van der Waals surface area contributed by atoms with Crippen LogP contribution in [0.4, 0.5) is 0 Å². The van der Waals surface area contributed by atoms with E-state index in [-0.39, 0.29) is 17.3 Å². The van der Waals surface area contributed by atoms with Crippen molar-refractivity contribution in [3.05, 3.63) is 71.1 Å². The van der Waals surface area contributed by atoms with E-state index in [0.717, 1.165) is 16.7 Å². The zero-order valence-electron chi connectivity index (χ0n) is 15.2. The van der Waals surface area contributed by atoms with E-state index < -0.39 is 5.63 Å². The lowest BCUT2D eigenvalue weighted by molar-refractivity contribution is 0.415. The van der Waals surface area contributed by atoms with Gasteiger partial charge in [0, 0.05) is 10.9 Å². The van der Waals surface area contributed by atoms with Gasteiger partial charge in [-0.15, -0.1) is 10.2 Å². The number of H-pyrrole nitrogens is 1. The third-order valence-electron chi connectivity index (χ3n) is 4.49. The molecule has 29 heavy (non-hydrogen) atoms. The highest BCUT2D eigenvalue weighted by molar-refractivity contribution is 5.80. The zero-order valence-corrected chi connectivity index (χ0v) is 15.2. The van der Waals surface area contributed by atoms with E-state index in [2.05, 4.69) is 20.4 Å². The van der Waals surface area contributed by atoms with Crippen molar-refractivity contribution in [2.45, 2.75) is 0 Å². The van der Waals surface area contributed by atoms with Crippen molar-refractivity contribution < 1.29 is 13.6 Å². The first kappa shape index (κ1) is 16.9. The van der Waals surface area contributed by atoms with Crippen LogP contribution in [0, 0.1) is 0 Å². The van der Waals surface area contributed by atoms with Gasteiger partial charge in [-0.3, -0.25) is 5.10 Å². The predicted octanol–water partition coefficient (Wildman–Crippen LogP) is 3.91. The number of nitrogens with zero attached hydrogens (tertiary/aromatic N) is 3. The maximum atomic E-state index is 12.3. The average Bonchev–Trinajstić information content (AvgIpc) is 3.43. The fraction of sp³-hybridized carbons (Fsp3) is 0.0476. The molecule has 8 nitrogen and oxygen atoms in total. The Balaban J connectivity index is 1.48. The molecule has 3 heterocycles. The summed E-state index contributed by atoms with van der Waals surface area (Å²) in [5.41, 5.74) is 2.33. The number of aromatic nitrogens is 4. The Morgan fingerprint density at radius 1 is 0.931 bits per heavy atom. The van der Waals surface area contributed by atoms with Gasteiger partial charge >= 0.3 is 5.63 Å². The first-order chi connectivity index (χ1) is 14.2. The van der Waals surface area contributed by atoms with Crippen molar-refractivity contribution >= 4 is 11.0 Å². The summed E-state index contributed by atoms with van der Waals surface area (Å²) in [5, 5.41) is 16.0. The van der Waals surface area contributed by atoms with Gasteiger partial charge in [0.25, 0.3) is 11.8 Å². The third-order valence-corrected chi connectivity index (χ3v) is 4.49. The van der Waals surface area contributed by atoms with Crippen LogP contribution in [0.15, 0.2) is 74.3 Å². The lowest BCUT2D eigenvalue weighted by atomic mass is 10.1. The first-order valence-electron chi connectivity index (χ1n) is 8.78. The molecule has 142 valence electrons. The second-order valence-electron chi connectivity index (χ2n) is 6.29. The van der Waals surface area contributed by atoms with Crippen molar-refractivity contribution in [1.82, 2.24) is 20.4 Å². The molecule has 0 bridgehead atoms. The van der Waals surface area contributed by atoms with Crippen LogP contribution >= 0.6 is 0 Å². The number of fused-ring (bicyclic) bond motifs is 1. The molecule has 0 aliphatic rings. The van der Waals surface area contributed by atoms with E-state index in [1.54, 1.807) is 31.4 Å². The van der Waals surface area contributed by atoms with Crippen molar-refractivity contribution in [3.8, 4) is 40.0 Å². The summed E-state index contributed by atoms with van der Waals surface area (Å²) in [5.74, 6) is 1.07. The second-order valence-corrected chi connectivity index (χ2v) is 6.29. The van der Waals surface area contributed by atoms with Crippen LogP contribution in [-0.4, -0.2) is 27.5 Å². The molecule has 8 heteroatoms. The summed E-state index contributed by atoms with van der Waals surface area (Å²) < 4.78 is 16.2. The first-order valence-corrected chi connectivity index (χ1v) is 8.78. The van der Waals surface area contributed by atoms with Crippen LogP contribution in [0.3, 0.4) is 0 Å². The average molecular weight is 386 g/mol. The number of benzene rings is 2. The molecule has 0 spiro atoms. The normalized spacial score (nSPS) is 11.1. The molecule has 3 aromatic heterocycles. The van der Waals surface area contributed by atoms with E-state index in [4.69, 9.17) is 13.6 Å².